The third-order valence-electron chi connectivity index (χ3n) is 5.18. The molecule has 1 heterocycles. The summed E-state index contributed by atoms with van der Waals surface area (Å²) in [7, 11) is -2.29. The van der Waals surface area contributed by atoms with Crippen molar-refractivity contribution in [2.75, 3.05) is 11.8 Å². The maximum absolute atomic E-state index is 13.4. The molecule has 164 valence electrons. The zero-order valence-corrected chi connectivity index (χ0v) is 21.0. The highest BCUT2D eigenvalue weighted by Gasteiger charge is 2.25. The Morgan fingerprint density at radius 3 is 2.56 bits per heavy atom. The van der Waals surface area contributed by atoms with E-state index in [-0.39, 0.29) is 28.1 Å². The number of fused-ring (bicyclic) bond motifs is 1. The monoisotopic (exact) mass is 578 g/mol. The first kappa shape index (κ1) is 22.6. The third kappa shape index (κ3) is 4.48. The molecule has 7 nitrogen and oxygen atoms in total. The number of rotatable bonds is 6. The van der Waals surface area contributed by atoms with E-state index in [4.69, 9.17) is 0 Å². The molecule has 1 N–H and O–H groups in total. The molecule has 3 aromatic carbocycles. The molecule has 0 aliphatic rings. The number of benzene rings is 3. The zero-order chi connectivity index (χ0) is 22.9. The van der Waals surface area contributed by atoms with E-state index < -0.39 is 10.0 Å². The summed E-state index contributed by atoms with van der Waals surface area (Å²) in [4.78, 5) is 15.0. The van der Waals surface area contributed by atoms with E-state index in [1.165, 1.54) is 6.07 Å². The van der Waals surface area contributed by atoms with Crippen molar-refractivity contribution in [1.29, 1.82) is 0 Å². The van der Waals surface area contributed by atoms with Crippen molar-refractivity contribution in [3.8, 4) is 0 Å². The van der Waals surface area contributed by atoms with Crippen molar-refractivity contribution in [2.24, 2.45) is 0 Å². The van der Waals surface area contributed by atoms with Crippen LogP contribution in [0.4, 0.5) is 5.69 Å². The maximum Gasteiger partial charge on any atom is 0.264 e. The van der Waals surface area contributed by atoms with E-state index in [1.807, 2.05) is 37.3 Å². The van der Waals surface area contributed by atoms with Gasteiger partial charge in [-0.2, -0.15) is 8.75 Å². The van der Waals surface area contributed by atoms with Crippen molar-refractivity contribution >= 4 is 67.0 Å². The first-order valence-electron chi connectivity index (χ1n) is 9.63. The Hall–Kier alpha value is -2.57. The molecular formula is C22H19IN4O3S2. The van der Waals surface area contributed by atoms with E-state index in [2.05, 4.69) is 36.1 Å². The molecule has 0 radical (unpaired) electrons. The van der Waals surface area contributed by atoms with Crippen LogP contribution in [-0.2, 0) is 10.0 Å². The minimum absolute atomic E-state index is 0.0204. The van der Waals surface area contributed by atoms with Gasteiger partial charge in [0.2, 0.25) is 0 Å². The summed E-state index contributed by atoms with van der Waals surface area (Å²) in [5.74, 6) is -0.288. The predicted molar refractivity (Wildman–Crippen MR) is 134 cm³/mol. The lowest BCUT2D eigenvalue weighted by Crippen LogP contribution is -2.30. The van der Waals surface area contributed by atoms with Gasteiger partial charge >= 0.3 is 0 Å². The lowest BCUT2D eigenvalue weighted by Gasteiger charge is -2.26. The number of aromatic nitrogens is 2. The van der Waals surface area contributed by atoms with Gasteiger partial charge in [0.15, 0.2) is 0 Å². The molecular weight excluding hydrogens is 559 g/mol. The molecule has 1 unspecified atom stereocenters. The van der Waals surface area contributed by atoms with Crippen LogP contribution in [0.1, 0.15) is 28.9 Å². The first-order chi connectivity index (χ1) is 15.3. The summed E-state index contributed by atoms with van der Waals surface area (Å²) in [6.45, 7) is 1.93. The van der Waals surface area contributed by atoms with Gasteiger partial charge in [-0.25, -0.2) is 8.42 Å². The van der Waals surface area contributed by atoms with Gasteiger partial charge in [-0.05, 0) is 65.4 Å². The van der Waals surface area contributed by atoms with E-state index in [1.54, 1.807) is 42.3 Å². The molecule has 0 fully saturated rings. The molecule has 0 spiro atoms. The third-order valence-corrected chi connectivity index (χ3v) is 7.79. The smallest absolute Gasteiger partial charge is 0.264 e. The molecule has 0 saturated heterocycles. The molecule has 1 atom stereocenters. The number of hydrogen-bond donors (Lipinski definition) is 1. The van der Waals surface area contributed by atoms with E-state index in [0.29, 0.717) is 11.0 Å². The van der Waals surface area contributed by atoms with Crippen molar-refractivity contribution in [3.63, 3.8) is 0 Å². The van der Waals surface area contributed by atoms with Gasteiger partial charge < -0.3 is 4.90 Å². The molecule has 0 saturated carbocycles. The molecule has 0 aliphatic carbocycles. The molecule has 0 aliphatic heterocycles. The van der Waals surface area contributed by atoms with E-state index in [9.17, 15) is 13.2 Å². The highest BCUT2D eigenvalue weighted by molar-refractivity contribution is 14.1. The normalized spacial score (nSPS) is 12.5. The number of sulfonamides is 1. The SMILES string of the molecule is CC(c1ccccc1)N(C)C(=O)c1ccc(I)cc1NS(=O)(=O)c1cccc2nsnc12. The Kier molecular flexibility index (Phi) is 6.45. The van der Waals surface area contributed by atoms with Gasteiger partial charge in [-0.1, -0.05) is 36.4 Å². The number of nitrogens with one attached hydrogen (secondary N) is 1. The Bertz CT molecular complexity index is 1390. The Labute approximate surface area is 204 Å². The molecule has 1 aromatic heterocycles. The van der Waals surface area contributed by atoms with Crippen molar-refractivity contribution in [1.82, 2.24) is 13.6 Å². The van der Waals surface area contributed by atoms with Gasteiger partial charge in [0.25, 0.3) is 15.9 Å². The summed E-state index contributed by atoms with van der Waals surface area (Å²) >= 11 is 3.04. The summed E-state index contributed by atoms with van der Waals surface area (Å²) < 4.78 is 38.1. The highest BCUT2D eigenvalue weighted by atomic mass is 127. The molecule has 4 rings (SSSR count). The van der Waals surface area contributed by atoms with Crippen LogP contribution in [0.5, 0.6) is 0 Å². The second-order valence-electron chi connectivity index (χ2n) is 7.19. The number of hydrogen-bond acceptors (Lipinski definition) is 6. The van der Waals surface area contributed by atoms with Gasteiger partial charge in [-0.15, -0.1) is 0 Å². The highest BCUT2D eigenvalue weighted by Crippen LogP contribution is 2.29. The fraction of sp³-hybridized carbons (Fsp3) is 0.136. The van der Waals surface area contributed by atoms with Crippen LogP contribution in [-0.4, -0.2) is 35.0 Å². The Morgan fingerprint density at radius 2 is 1.81 bits per heavy atom. The molecule has 1 amide bonds. The van der Waals surface area contributed by atoms with Crippen molar-refractivity contribution < 1.29 is 13.2 Å². The topological polar surface area (TPSA) is 92.3 Å². The van der Waals surface area contributed by atoms with Crippen LogP contribution in [0.3, 0.4) is 0 Å². The molecule has 0 bridgehead atoms. The first-order valence-corrected chi connectivity index (χ1v) is 12.9. The molecule has 10 heteroatoms. The maximum atomic E-state index is 13.4. The average molecular weight is 578 g/mol. The van der Waals surface area contributed by atoms with Crippen LogP contribution in [0.25, 0.3) is 11.0 Å². The Balaban J connectivity index is 1.69. The number of amides is 1. The number of nitrogens with zero attached hydrogens (tertiary/aromatic N) is 3. The van der Waals surface area contributed by atoms with Gasteiger partial charge in [0.05, 0.1) is 29.0 Å². The number of anilines is 1. The quantitative estimate of drug-likeness (QED) is 0.328. The summed E-state index contributed by atoms with van der Waals surface area (Å²) in [6.07, 6.45) is 0. The standard InChI is InChI=1S/C22H19IN4O3S2/c1-14(15-7-4-3-5-8-15)27(2)22(28)17-12-11-16(23)13-19(17)26-32(29,30)20-10-6-9-18-21(20)25-31-24-18/h3-14,26H,1-2H3. The number of halogens is 1. The van der Waals surface area contributed by atoms with Gasteiger partial charge in [0, 0.05) is 10.6 Å². The largest absolute Gasteiger partial charge is 0.335 e. The fourth-order valence-electron chi connectivity index (χ4n) is 3.31. The van der Waals surface area contributed by atoms with Gasteiger partial charge in [0.1, 0.15) is 15.9 Å². The number of carbonyl (C=O) groups is 1. The second kappa shape index (κ2) is 9.12. The van der Waals surface area contributed by atoms with Crippen LogP contribution in [0.15, 0.2) is 71.6 Å². The minimum Gasteiger partial charge on any atom is -0.335 e. The minimum atomic E-state index is -4.00. The van der Waals surface area contributed by atoms with E-state index >= 15 is 0 Å². The molecule has 32 heavy (non-hydrogen) atoms. The molecule has 4 aromatic rings. The average Bonchev–Trinajstić information content (AvgIpc) is 3.27. The summed E-state index contributed by atoms with van der Waals surface area (Å²) in [5, 5.41) is 0. The summed E-state index contributed by atoms with van der Waals surface area (Å²) in [5.41, 5.74) is 2.28. The van der Waals surface area contributed by atoms with E-state index in [0.717, 1.165) is 20.9 Å². The van der Waals surface area contributed by atoms with Crippen molar-refractivity contribution in [3.05, 3.63) is 81.4 Å². The fourth-order valence-corrected chi connectivity index (χ4v) is 5.64. The predicted octanol–water partition coefficient (Wildman–Crippen LogP) is 4.93. The van der Waals surface area contributed by atoms with Crippen LogP contribution in [0, 0.1) is 3.57 Å². The lowest BCUT2D eigenvalue weighted by atomic mass is 10.1. The lowest BCUT2D eigenvalue weighted by molar-refractivity contribution is 0.0743. The Morgan fingerprint density at radius 1 is 1.06 bits per heavy atom. The van der Waals surface area contributed by atoms with Gasteiger partial charge in [-0.3, -0.25) is 9.52 Å². The van der Waals surface area contributed by atoms with Crippen molar-refractivity contribution in [2.45, 2.75) is 17.9 Å². The second-order valence-corrected chi connectivity index (χ2v) is 10.6. The van der Waals surface area contributed by atoms with Crippen LogP contribution >= 0.6 is 34.3 Å². The zero-order valence-electron chi connectivity index (χ0n) is 17.2. The number of carbonyl (C=O) groups excluding carboxylic acids is 1. The summed E-state index contributed by atoms with van der Waals surface area (Å²) in [6, 6.07) is 19.3. The van der Waals surface area contributed by atoms with Crippen LogP contribution in [0.2, 0.25) is 0 Å². The van der Waals surface area contributed by atoms with Crippen LogP contribution < -0.4 is 4.72 Å².